The highest BCUT2D eigenvalue weighted by Gasteiger charge is 2.56. The maximum atomic E-state index is 12.0. The van der Waals surface area contributed by atoms with Crippen molar-refractivity contribution in [3.63, 3.8) is 0 Å². The van der Waals surface area contributed by atoms with Crippen LogP contribution in [0.5, 0.6) is 0 Å². The Kier molecular flexibility index (Phi) is 8.90. The van der Waals surface area contributed by atoms with Crippen LogP contribution in [0.1, 0.15) is 33.4 Å². The summed E-state index contributed by atoms with van der Waals surface area (Å²) in [5.74, 6) is 0. The summed E-state index contributed by atoms with van der Waals surface area (Å²) >= 11 is 0. The van der Waals surface area contributed by atoms with Gasteiger partial charge < -0.3 is 19.8 Å². The fraction of sp³-hybridized carbons (Fsp3) is 0.294. The molecular formula is C34H37N2O4P. The molecule has 0 aromatic heterocycles. The van der Waals surface area contributed by atoms with Crippen LogP contribution >= 0.6 is 8.45 Å². The van der Waals surface area contributed by atoms with Crippen molar-refractivity contribution in [1.82, 2.24) is 9.34 Å². The van der Waals surface area contributed by atoms with Crippen LogP contribution in [0.4, 0.5) is 0 Å². The summed E-state index contributed by atoms with van der Waals surface area (Å²) in [4.78, 5) is 0. The number of aliphatic hydroxyl groups excluding tert-OH is 3. The minimum absolute atomic E-state index is 0.000354. The molecule has 2 bridgehead atoms. The number of hydrogen-bond acceptors (Lipinski definition) is 6. The Morgan fingerprint density at radius 1 is 0.561 bits per heavy atom. The monoisotopic (exact) mass is 568 g/mol. The molecule has 6 rings (SSSR count). The van der Waals surface area contributed by atoms with Crippen molar-refractivity contribution >= 4 is 8.45 Å². The maximum absolute atomic E-state index is 12.0. The van der Waals surface area contributed by atoms with Gasteiger partial charge >= 0.3 is 0 Å². The zero-order chi connectivity index (χ0) is 28.2. The van der Waals surface area contributed by atoms with Gasteiger partial charge in [-0.3, -0.25) is 0 Å². The average molecular weight is 569 g/mol. The van der Waals surface area contributed by atoms with Crippen LogP contribution in [0.3, 0.4) is 0 Å². The number of fused-ring (bicyclic) bond motifs is 2. The van der Waals surface area contributed by atoms with E-state index in [1.807, 2.05) is 42.5 Å². The molecule has 2 heterocycles. The van der Waals surface area contributed by atoms with E-state index in [9.17, 15) is 15.3 Å². The highest BCUT2D eigenvalue weighted by atomic mass is 31.2. The average Bonchev–Trinajstić information content (AvgIpc) is 3.33. The lowest BCUT2D eigenvalue weighted by molar-refractivity contribution is -0.0314. The Labute approximate surface area is 243 Å². The first-order valence-corrected chi connectivity index (χ1v) is 15.4. The van der Waals surface area contributed by atoms with Gasteiger partial charge in [0.15, 0.2) is 8.45 Å². The maximum Gasteiger partial charge on any atom is 0.189 e. The summed E-state index contributed by atoms with van der Waals surface area (Å²) in [7, 11) is -1.21. The minimum Gasteiger partial charge on any atom is -0.392 e. The van der Waals surface area contributed by atoms with Crippen LogP contribution in [0.2, 0.25) is 0 Å². The van der Waals surface area contributed by atoms with Gasteiger partial charge in [-0.2, -0.15) is 0 Å². The summed E-state index contributed by atoms with van der Waals surface area (Å²) in [6, 6.07) is 36.8. The van der Waals surface area contributed by atoms with Crippen LogP contribution in [-0.2, 0) is 43.7 Å². The molecular weight excluding hydrogens is 531 g/mol. The van der Waals surface area contributed by atoms with E-state index in [1.54, 1.807) is 0 Å². The molecule has 0 saturated carbocycles. The van der Waals surface area contributed by atoms with E-state index in [0.717, 1.165) is 28.7 Å². The largest absolute Gasteiger partial charge is 0.392 e. The van der Waals surface area contributed by atoms with Crippen LogP contribution in [0.25, 0.3) is 0 Å². The van der Waals surface area contributed by atoms with E-state index in [-0.39, 0.29) is 31.4 Å². The molecule has 0 aliphatic carbocycles. The standard InChI is InChI=1S/C34H37N2O4P/c37-23-29-15-7-13-27(17-29)21-35-31(19-25-9-3-1-4-10-25)33(39)34-32(20-26-11-5-2-6-12-26)36(41(35)40-34)22-28-14-8-16-30(18-28)24-38/h1-18,31-34,37-39H,19-24H2. The second-order valence-electron chi connectivity index (χ2n) is 11.0. The van der Waals surface area contributed by atoms with Gasteiger partial charge in [0.05, 0.1) is 25.4 Å². The molecule has 2 fully saturated rings. The Bertz CT molecular complexity index is 1380. The zero-order valence-corrected chi connectivity index (χ0v) is 23.9. The first-order valence-electron chi connectivity index (χ1n) is 14.3. The number of rotatable bonds is 10. The van der Waals surface area contributed by atoms with Crippen molar-refractivity contribution in [2.75, 3.05) is 0 Å². The van der Waals surface area contributed by atoms with E-state index in [2.05, 4.69) is 76.1 Å². The van der Waals surface area contributed by atoms with Crippen molar-refractivity contribution in [2.24, 2.45) is 0 Å². The third-order valence-electron chi connectivity index (χ3n) is 8.14. The van der Waals surface area contributed by atoms with Gasteiger partial charge in [0.2, 0.25) is 0 Å². The first kappa shape index (κ1) is 28.2. The van der Waals surface area contributed by atoms with E-state index in [0.29, 0.717) is 19.5 Å². The summed E-state index contributed by atoms with van der Waals surface area (Å²) in [6.45, 7) is 1.25. The van der Waals surface area contributed by atoms with Crippen molar-refractivity contribution in [1.29, 1.82) is 0 Å². The van der Waals surface area contributed by atoms with E-state index >= 15 is 0 Å². The number of benzene rings is 4. The second-order valence-corrected chi connectivity index (χ2v) is 12.7. The fourth-order valence-corrected chi connectivity index (χ4v) is 8.63. The summed E-state index contributed by atoms with van der Waals surface area (Å²) in [5, 5.41) is 31.6. The third kappa shape index (κ3) is 6.30. The van der Waals surface area contributed by atoms with Crippen LogP contribution < -0.4 is 0 Å². The van der Waals surface area contributed by atoms with Gasteiger partial charge in [0.1, 0.15) is 6.10 Å². The molecule has 5 unspecified atom stereocenters. The SMILES string of the molecule is OCc1cccc(CN2C(Cc3ccccc3)C(O)C3OP2N(Cc2cccc(CO)c2)C3Cc2ccccc2)c1. The quantitative estimate of drug-likeness (QED) is 0.229. The van der Waals surface area contributed by atoms with E-state index in [4.69, 9.17) is 4.52 Å². The number of nitrogens with zero attached hydrogens (tertiary/aromatic N) is 2. The summed E-state index contributed by atoms with van der Waals surface area (Å²) in [5.41, 5.74) is 6.36. The molecule has 4 aromatic rings. The molecule has 2 aliphatic heterocycles. The van der Waals surface area contributed by atoms with Crippen LogP contribution in [0.15, 0.2) is 109 Å². The third-order valence-corrected chi connectivity index (χ3v) is 10.3. The lowest BCUT2D eigenvalue weighted by Gasteiger charge is -2.43. The van der Waals surface area contributed by atoms with Crippen LogP contribution in [-0.4, -0.2) is 49.0 Å². The van der Waals surface area contributed by atoms with Gasteiger partial charge in [0, 0.05) is 19.1 Å². The van der Waals surface area contributed by atoms with Crippen molar-refractivity contribution in [3.8, 4) is 0 Å². The topological polar surface area (TPSA) is 76.4 Å². The molecule has 6 nitrogen and oxygen atoms in total. The van der Waals surface area contributed by atoms with Gasteiger partial charge in [-0.25, -0.2) is 9.34 Å². The fourth-order valence-electron chi connectivity index (χ4n) is 6.10. The number of hydrogen-bond donors (Lipinski definition) is 3. The molecule has 2 saturated heterocycles. The van der Waals surface area contributed by atoms with Crippen molar-refractivity contribution < 1.29 is 19.8 Å². The summed E-state index contributed by atoms with van der Waals surface area (Å²) in [6.07, 6.45) is 0.479. The van der Waals surface area contributed by atoms with Gasteiger partial charge in [0.25, 0.3) is 0 Å². The Hall–Kier alpha value is -2.93. The molecule has 7 heteroatoms. The molecule has 2 aliphatic rings. The molecule has 5 atom stereocenters. The van der Waals surface area contributed by atoms with Gasteiger partial charge in [-0.05, 0) is 46.2 Å². The highest BCUT2D eigenvalue weighted by Crippen LogP contribution is 2.61. The van der Waals surface area contributed by atoms with Crippen molar-refractivity contribution in [3.05, 3.63) is 143 Å². The molecule has 0 amide bonds. The van der Waals surface area contributed by atoms with Gasteiger partial charge in [-0.1, -0.05) is 109 Å². The number of aliphatic hydroxyl groups is 3. The predicted octanol–water partition coefficient (Wildman–Crippen LogP) is 5.20. The Morgan fingerprint density at radius 3 is 1.51 bits per heavy atom. The zero-order valence-electron chi connectivity index (χ0n) is 23.0. The minimum atomic E-state index is -1.21. The molecule has 212 valence electrons. The second kappa shape index (κ2) is 12.9. The lowest BCUT2D eigenvalue weighted by Crippen LogP contribution is -2.52. The Balaban J connectivity index is 1.40. The van der Waals surface area contributed by atoms with Gasteiger partial charge in [-0.15, -0.1) is 0 Å². The molecule has 3 N–H and O–H groups in total. The van der Waals surface area contributed by atoms with E-state index in [1.165, 1.54) is 11.1 Å². The first-order chi connectivity index (χ1) is 20.1. The van der Waals surface area contributed by atoms with E-state index < -0.39 is 14.6 Å². The molecule has 0 radical (unpaired) electrons. The van der Waals surface area contributed by atoms with Crippen molar-refractivity contribution in [2.45, 2.75) is 63.4 Å². The molecule has 4 aromatic carbocycles. The molecule has 0 spiro atoms. The molecule has 41 heavy (non-hydrogen) atoms. The van der Waals surface area contributed by atoms with Crippen LogP contribution in [0, 0.1) is 0 Å². The normalized spacial score (nSPS) is 24.5. The highest BCUT2D eigenvalue weighted by molar-refractivity contribution is 7.47. The Morgan fingerprint density at radius 2 is 1.00 bits per heavy atom. The predicted molar refractivity (Wildman–Crippen MR) is 161 cm³/mol. The smallest absolute Gasteiger partial charge is 0.189 e. The summed E-state index contributed by atoms with van der Waals surface area (Å²) < 4.78 is 11.6. The lowest BCUT2D eigenvalue weighted by atomic mass is 9.90.